The van der Waals surface area contributed by atoms with E-state index in [2.05, 4.69) is 10.6 Å². The Labute approximate surface area is 120 Å². The predicted molar refractivity (Wildman–Crippen MR) is 75.1 cm³/mol. The summed E-state index contributed by atoms with van der Waals surface area (Å²) in [4.78, 5) is 23.0. The SMILES string of the molecule is CC(C)NC(=O)CCNC(=O)[C@@H]1CC[C@H](CN)O1.Cl. The van der Waals surface area contributed by atoms with E-state index in [1.165, 1.54) is 0 Å². The Balaban J connectivity index is 0.00000324. The summed E-state index contributed by atoms with van der Waals surface area (Å²) in [5, 5.41) is 5.47. The maximum absolute atomic E-state index is 11.7. The van der Waals surface area contributed by atoms with Crippen molar-refractivity contribution in [2.75, 3.05) is 13.1 Å². The van der Waals surface area contributed by atoms with Crippen molar-refractivity contribution in [3.05, 3.63) is 0 Å². The topological polar surface area (TPSA) is 93.5 Å². The van der Waals surface area contributed by atoms with Crippen molar-refractivity contribution >= 4 is 24.2 Å². The summed E-state index contributed by atoms with van der Waals surface area (Å²) in [6.45, 7) is 4.58. The number of hydrogen-bond donors (Lipinski definition) is 3. The third kappa shape index (κ3) is 6.75. The van der Waals surface area contributed by atoms with E-state index in [0.717, 1.165) is 6.42 Å². The molecular weight excluding hydrogens is 270 g/mol. The fourth-order valence-electron chi connectivity index (χ4n) is 1.88. The average Bonchev–Trinajstić information content (AvgIpc) is 2.76. The van der Waals surface area contributed by atoms with E-state index in [1.807, 2.05) is 13.8 Å². The van der Waals surface area contributed by atoms with Crippen molar-refractivity contribution in [3.63, 3.8) is 0 Å². The van der Waals surface area contributed by atoms with Crippen LogP contribution in [0.2, 0.25) is 0 Å². The molecule has 0 unspecified atom stereocenters. The lowest BCUT2D eigenvalue weighted by atomic mass is 10.2. The zero-order chi connectivity index (χ0) is 13.5. The van der Waals surface area contributed by atoms with Gasteiger partial charge < -0.3 is 21.1 Å². The summed E-state index contributed by atoms with van der Waals surface area (Å²) in [6, 6.07) is 0.122. The van der Waals surface area contributed by atoms with E-state index in [-0.39, 0.29) is 42.8 Å². The zero-order valence-electron chi connectivity index (χ0n) is 11.5. The summed E-state index contributed by atoms with van der Waals surface area (Å²) in [5.41, 5.74) is 5.47. The van der Waals surface area contributed by atoms with Crippen molar-refractivity contribution in [1.29, 1.82) is 0 Å². The van der Waals surface area contributed by atoms with Crippen LogP contribution in [0, 0.1) is 0 Å². The molecule has 1 fully saturated rings. The molecular formula is C12H24ClN3O3. The molecule has 0 spiro atoms. The van der Waals surface area contributed by atoms with E-state index in [9.17, 15) is 9.59 Å². The smallest absolute Gasteiger partial charge is 0.249 e. The first kappa shape index (κ1) is 18.1. The van der Waals surface area contributed by atoms with Gasteiger partial charge >= 0.3 is 0 Å². The highest BCUT2D eigenvalue weighted by atomic mass is 35.5. The molecule has 0 bridgehead atoms. The Morgan fingerprint density at radius 1 is 1.37 bits per heavy atom. The summed E-state index contributed by atoms with van der Waals surface area (Å²) in [5.74, 6) is -0.208. The minimum Gasteiger partial charge on any atom is -0.364 e. The van der Waals surface area contributed by atoms with Crippen LogP contribution in [0.5, 0.6) is 0 Å². The highest BCUT2D eigenvalue weighted by Crippen LogP contribution is 2.18. The lowest BCUT2D eigenvalue weighted by Gasteiger charge is -2.13. The van der Waals surface area contributed by atoms with Crippen molar-refractivity contribution in [3.8, 4) is 0 Å². The number of hydrogen-bond acceptors (Lipinski definition) is 4. The molecule has 19 heavy (non-hydrogen) atoms. The van der Waals surface area contributed by atoms with Gasteiger partial charge in [0.15, 0.2) is 0 Å². The molecule has 0 saturated carbocycles. The lowest BCUT2D eigenvalue weighted by Crippen LogP contribution is -2.38. The Morgan fingerprint density at radius 2 is 2.05 bits per heavy atom. The standard InChI is InChI=1S/C12H23N3O3.ClH/c1-8(2)15-11(16)5-6-14-12(17)10-4-3-9(7-13)18-10;/h8-10H,3-7,13H2,1-2H3,(H,14,17)(H,15,16);1H/t9-,10+;/m1./s1. The van der Waals surface area contributed by atoms with Crippen LogP contribution in [-0.2, 0) is 14.3 Å². The highest BCUT2D eigenvalue weighted by Gasteiger charge is 2.29. The molecule has 1 heterocycles. The summed E-state index contributed by atoms with van der Waals surface area (Å²) >= 11 is 0. The van der Waals surface area contributed by atoms with Crippen LogP contribution in [-0.4, -0.2) is 43.2 Å². The predicted octanol–water partition coefficient (Wildman–Crippen LogP) is -0.0546. The molecule has 1 rings (SSSR count). The van der Waals surface area contributed by atoms with E-state index in [0.29, 0.717) is 19.5 Å². The minimum atomic E-state index is -0.410. The number of carbonyl (C=O) groups is 2. The molecule has 2 atom stereocenters. The van der Waals surface area contributed by atoms with Gasteiger partial charge in [0.05, 0.1) is 6.10 Å². The quantitative estimate of drug-likeness (QED) is 0.640. The Kier molecular flexibility index (Phi) is 8.71. The van der Waals surface area contributed by atoms with Gasteiger partial charge in [-0.3, -0.25) is 9.59 Å². The van der Waals surface area contributed by atoms with Gasteiger partial charge in [0.25, 0.3) is 0 Å². The molecule has 7 heteroatoms. The van der Waals surface area contributed by atoms with Crippen LogP contribution in [0.3, 0.4) is 0 Å². The molecule has 0 aromatic rings. The van der Waals surface area contributed by atoms with Crippen molar-refractivity contribution < 1.29 is 14.3 Å². The molecule has 6 nitrogen and oxygen atoms in total. The van der Waals surface area contributed by atoms with E-state index in [4.69, 9.17) is 10.5 Å². The van der Waals surface area contributed by atoms with Crippen molar-refractivity contribution in [1.82, 2.24) is 10.6 Å². The molecule has 1 aliphatic heterocycles. The molecule has 0 radical (unpaired) electrons. The molecule has 4 N–H and O–H groups in total. The van der Waals surface area contributed by atoms with Crippen LogP contribution in [0.1, 0.15) is 33.1 Å². The number of nitrogens with one attached hydrogen (secondary N) is 2. The first-order valence-electron chi connectivity index (χ1n) is 6.45. The van der Waals surface area contributed by atoms with E-state index in [1.54, 1.807) is 0 Å². The van der Waals surface area contributed by atoms with Gasteiger partial charge in [-0.05, 0) is 26.7 Å². The number of amides is 2. The number of halogens is 1. The van der Waals surface area contributed by atoms with Crippen molar-refractivity contribution in [2.24, 2.45) is 5.73 Å². The maximum atomic E-state index is 11.7. The van der Waals surface area contributed by atoms with E-state index >= 15 is 0 Å². The fourth-order valence-corrected chi connectivity index (χ4v) is 1.88. The van der Waals surface area contributed by atoms with Gasteiger partial charge in [-0.15, -0.1) is 12.4 Å². The lowest BCUT2D eigenvalue weighted by molar-refractivity contribution is -0.131. The van der Waals surface area contributed by atoms with Crippen LogP contribution in [0.15, 0.2) is 0 Å². The second-order valence-corrected chi connectivity index (χ2v) is 4.82. The van der Waals surface area contributed by atoms with Gasteiger partial charge in [0.1, 0.15) is 6.10 Å². The van der Waals surface area contributed by atoms with Gasteiger partial charge in [0.2, 0.25) is 11.8 Å². The first-order chi connectivity index (χ1) is 8.52. The zero-order valence-corrected chi connectivity index (χ0v) is 12.3. The molecule has 112 valence electrons. The normalized spacial score (nSPS) is 21.9. The summed E-state index contributed by atoms with van der Waals surface area (Å²) in [7, 11) is 0. The third-order valence-electron chi connectivity index (χ3n) is 2.76. The van der Waals surface area contributed by atoms with Gasteiger partial charge in [-0.2, -0.15) is 0 Å². The third-order valence-corrected chi connectivity index (χ3v) is 2.76. The van der Waals surface area contributed by atoms with Gasteiger partial charge in [0, 0.05) is 25.6 Å². The second kappa shape index (κ2) is 9.12. The van der Waals surface area contributed by atoms with Crippen LogP contribution in [0.4, 0.5) is 0 Å². The van der Waals surface area contributed by atoms with Gasteiger partial charge in [-0.25, -0.2) is 0 Å². The molecule has 0 aromatic carbocycles. The average molecular weight is 294 g/mol. The molecule has 1 saturated heterocycles. The fraction of sp³-hybridized carbons (Fsp3) is 0.833. The Morgan fingerprint density at radius 3 is 2.58 bits per heavy atom. The van der Waals surface area contributed by atoms with Crippen LogP contribution >= 0.6 is 12.4 Å². The Bertz CT molecular complexity index is 300. The minimum absolute atomic E-state index is 0. The summed E-state index contributed by atoms with van der Waals surface area (Å²) < 4.78 is 5.46. The molecule has 0 aromatic heterocycles. The maximum Gasteiger partial charge on any atom is 0.249 e. The second-order valence-electron chi connectivity index (χ2n) is 4.82. The highest BCUT2D eigenvalue weighted by molar-refractivity contribution is 5.85. The Hall–Kier alpha value is -0.850. The number of ether oxygens (including phenoxy) is 1. The van der Waals surface area contributed by atoms with E-state index < -0.39 is 6.10 Å². The molecule has 0 aliphatic carbocycles. The number of rotatable bonds is 6. The largest absolute Gasteiger partial charge is 0.364 e. The first-order valence-corrected chi connectivity index (χ1v) is 6.45. The molecule has 2 amide bonds. The summed E-state index contributed by atoms with van der Waals surface area (Å²) in [6.07, 6.45) is 1.39. The molecule has 1 aliphatic rings. The number of nitrogens with two attached hydrogens (primary N) is 1. The van der Waals surface area contributed by atoms with Gasteiger partial charge in [-0.1, -0.05) is 0 Å². The van der Waals surface area contributed by atoms with Crippen LogP contribution in [0.25, 0.3) is 0 Å². The van der Waals surface area contributed by atoms with Crippen LogP contribution < -0.4 is 16.4 Å². The monoisotopic (exact) mass is 293 g/mol. The van der Waals surface area contributed by atoms with Crippen molar-refractivity contribution in [2.45, 2.75) is 51.4 Å². The number of carbonyl (C=O) groups excluding carboxylic acids is 2.